The molecule has 1 amide bonds. The number of para-hydroxylation sites is 1. The number of nitrogens with zero attached hydrogens (tertiary/aromatic N) is 2. The minimum absolute atomic E-state index is 0. The Morgan fingerprint density at radius 3 is 2.31 bits per heavy atom. The quantitative estimate of drug-likeness (QED) is 0.203. The summed E-state index contributed by atoms with van der Waals surface area (Å²) in [5.74, 6) is 0.0688. The Hall–Kier alpha value is -3.32. The van der Waals surface area contributed by atoms with Crippen LogP contribution in [0.2, 0.25) is 5.02 Å². The summed E-state index contributed by atoms with van der Waals surface area (Å²) in [5.41, 5.74) is 10.7. The number of anilines is 2. The van der Waals surface area contributed by atoms with Crippen molar-refractivity contribution in [1.29, 1.82) is 0 Å². The van der Waals surface area contributed by atoms with Crippen molar-refractivity contribution in [1.82, 2.24) is 4.98 Å². The number of amides is 1. The molecule has 206 valence electrons. The van der Waals surface area contributed by atoms with Gasteiger partial charge in [-0.3, -0.25) is 4.79 Å². The van der Waals surface area contributed by atoms with Crippen molar-refractivity contribution in [3.63, 3.8) is 0 Å². The summed E-state index contributed by atoms with van der Waals surface area (Å²) in [5, 5.41) is 0.281. The Morgan fingerprint density at radius 1 is 0.974 bits per heavy atom. The highest BCUT2D eigenvalue weighted by Crippen LogP contribution is 2.37. The number of nitrogens with two attached hydrogens (primary N) is 1. The number of rotatable bonds is 10. The number of pyridine rings is 1. The molecule has 3 aromatic carbocycles. The van der Waals surface area contributed by atoms with E-state index in [1.807, 2.05) is 30.5 Å². The molecule has 0 aliphatic heterocycles. The van der Waals surface area contributed by atoms with Gasteiger partial charge in [0, 0.05) is 23.4 Å². The molecule has 1 aromatic heterocycles. The number of primary amides is 1. The summed E-state index contributed by atoms with van der Waals surface area (Å²) in [6.07, 6.45) is 3.94. The van der Waals surface area contributed by atoms with Crippen LogP contribution in [0.25, 0.3) is 0 Å². The highest BCUT2D eigenvalue weighted by Gasteiger charge is 2.20. The van der Waals surface area contributed by atoms with Crippen molar-refractivity contribution in [2.75, 3.05) is 11.4 Å². The van der Waals surface area contributed by atoms with Gasteiger partial charge in [-0.15, -0.1) is 24.8 Å². The Bertz CT molecular complexity index is 1400. The zero-order valence-electron chi connectivity index (χ0n) is 21.7. The maximum Gasteiger partial charge on any atom is 0.248 e. The largest absolute Gasteiger partial charge is 0.437 e. The standard InChI is InChI=1S/C30H29ClFN3O2.2ClH/c1-3-24-25(4-2)30(37-28-14-13-21(29(33)36)18-26(28)31)34-19-27(24)35(23-11-6-5-7-12-23)16-15-20-9-8-10-22(32)17-20;;/h5-14,17-19H,3-4,15-16H2,1-2H3,(H2,33,36);2*1H. The van der Waals surface area contributed by atoms with Crippen LogP contribution in [0, 0.1) is 5.82 Å². The Morgan fingerprint density at radius 2 is 1.69 bits per heavy atom. The molecule has 0 saturated heterocycles. The monoisotopic (exact) mass is 589 g/mol. The smallest absolute Gasteiger partial charge is 0.248 e. The molecule has 0 saturated carbocycles. The van der Waals surface area contributed by atoms with Gasteiger partial charge in [0.15, 0.2) is 0 Å². The van der Waals surface area contributed by atoms with Gasteiger partial charge in [-0.2, -0.15) is 0 Å². The number of hydrogen-bond donors (Lipinski definition) is 1. The Kier molecular flexibility index (Phi) is 12.0. The number of carbonyl (C=O) groups is 1. The first-order valence-corrected chi connectivity index (χ1v) is 12.6. The third-order valence-electron chi connectivity index (χ3n) is 6.24. The van der Waals surface area contributed by atoms with E-state index in [1.165, 1.54) is 12.1 Å². The molecule has 0 unspecified atom stereocenters. The van der Waals surface area contributed by atoms with Crippen molar-refractivity contribution >= 4 is 53.7 Å². The number of benzene rings is 3. The normalized spacial score (nSPS) is 10.3. The van der Waals surface area contributed by atoms with Gasteiger partial charge < -0.3 is 15.4 Å². The van der Waals surface area contributed by atoms with E-state index >= 15 is 0 Å². The van der Waals surface area contributed by atoms with Gasteiger partial charge in [-0.25, -0.2) is 9.37 Å². The first-order chi connectivity index (χ1) is 17.9. The maximum absolute atomic E-state index is 13.8. The van der Waals surface area contributed by atoms with Crippen LogP contribution in [0.15, 0.2) is 79.0 Å². The van der Waals surface area contributed by atoms with E-state index in [2.05, 4.69) is 30.9 Å². The van der Waals surface area contributed by atoms with Crippen molar-refractivity contribution in [2.45, 2.75) is 33.1 Å². The van der Waals surface area contributed by atoms with Gasteiger partial charge in [0.05, 0.1) is 16.9 Å². The van der Waals surface area contributed by atoms with Crippen molar-refractivity contribution in [3.8, 4) is 11.6 Å². The van der Waals surface area contributed by atoms with Crippen molar-refractivity contribution < 1.29 is 13.9 Å². The summed E-state index contributed by atoms with van der Waals surface area (Å²) in [6.45, 7) is 4.81. The maximum atomic E-state index is 13.8. The average molecular weight is 591 g/mol. The molecule has 2 N–H and O–H groups in total. The molecule has 0 aliphatic carbocycles. The van der Waals surface area contributed by atoms with Gasteiger partial charge in [0.1, 0.15) is 11.6 Å². The van der Waals surface area contributed by atoms with E-state index < -0.39 is 5.91 Å². The molecule has 9 heteroatoms. The van der Waals surface area contributed by atoms with Crippen LogP contribution in [0.3, 0.4) is 0 Å². The minimum Gasteiger partial charge on any atom is -0.437 e. The lowest BCUT2D eigenvalue weighted by molar-refractivity contribution is 0.100. The highest BCUT2D eigenvalue weighted by molar-refractivity contribution is 6.32. The lowest BCUT2D eigenvalue weighted by atomic mass is 10.0. The molecule has 39 heavy (non-hydrogen) atoms. The summed E-state index contributed by atoms with van der Waals surface area (Å²) in [6, 6.07) is 21.5. The third-order valence-corrected chi connectivity index (χ3v) is 6.53. The molecule has 4 rings (SSSR count). The summed E-state index contributed by atoms with van der Waals surface area (Å²) in [4.78, 5) is 18.4. The van der Waals surface area contributed by atoms with E-state index in [4.69, 9.17) is 27.1 Å². The number of hydrogen-bond acceptors (Lipinski definition) is 4. The number of halogens is 4. The van der Waals surface area contributed by atoms with E-state index in [-0.39, 0.29) is 35.7 Å². The summed E-state index contributed by atoms with van der Waals surface area (Å²) in [7, 11) is 0. The first-order valence-electron chi connectivity index (χ1n) is 12.3. The molecular weight excluding hydrogens is 560 g/mol. The lowest BCUT2D eigenvalue weighted by Crippen LogP contribution is -2.22. The van der Waals surface area contributed by atoms with Gasteiger partial charge in [-0.1, -0.05) is 55.8 Å². The second-order valence-electron chi connectivity index (χ2n) is 8.59. The predicted molar refractivity (Wildman–Crippen MR) is 161 cm³/mol. The van der Waals surface area contributed by atoms with Gasteiger partial charge in [0.25, 0.3) is 0 Å². The van der Waals surface area contributed by atoms with Crippen LogP contribution >= 0.6 is 36.4 Å². The zero-order valence-corrected chi connectivity index (χ0v) is 24.1. The van der Waals surface area contributed by atoms with Crippen LogP contribution in [-0.2, 0) is 19.3 Å². The fraction of sp³-hybridized carbons (Fsp3) is 0.200. The van der Waals surface area contributed by atoms with Gasteiger partial charge in [-0.05, 0) is 72.9 Å². The highest BCUT2D eigenvalue weighted by atomic mass is 35.5. The van der Waals surface area contributed by atoms with Crippen LogP contribution in [0.5, 0.6) is 11.6 Å². The molecule has 1 heterocycles. The molecular formula is C30H31Cl3FN3O2. The first kappa shape index (κ1) is 31.9. The van der Waals surface area contributed by atoms with Crippen molar-refractivity contribution in [3.05, 3.63) is 112 Å². The van der Waals surface area contributed by atoms with Crippen LogP contribution in [0.4, 0.5) is 15.8 Å². The average Bonchev–Trinajstić information content (AvgIpc) is 2.90. The SMILES string of the molecule is CCc1c(N(CCc2cccc(F)c2)c2ccccc2)cnc(Oc2ccc(C(N)=O)cc2Cl)c1CC.Cl.Cl. The minimum atomic E-state index is -0.558. The Balaban J connectivity index is 0.00000267. The molecule has 0 spiro atoms. The summed E-state index contributed by atoms with van der Waals surface area (Å²) >= 11 is 6.37. The molecule has 0 radical (unpaired) electrons. The Labute approximate surface area is 246 Å². The van der Waals surface area contributed by atoms with Crippen LogP contribution in [0.1, 0.15) is 40.9 Å². The van der Waals surface area contributed by atoms with Gasteiger partial charge >= 0.3 is 0 Å². The summed E-state index contributed by atoms with van der Waals surface area (Å²) < 4.78 is 19.9. The second kappa shape index (κ2) is 14.7. The molecule has 0 aliphatic rings. The molecule has 0 bridgehead atoms. The van der Waals surface area contributed by atoms with E-state index in [0.29, 0.717) is 36.6 Å². The zero-order chi connectivity index (χ0) is 26.4. The van der Waals surface area contributed by atoms with Crippen LogP contribution in [-0.4, -0.2) is 17.4 Å². The van der Waals surface area contributed by atoms with Crippen LogP contribution < -0.4 is 15.4 Å². The fourth-order valence-corrected chi connectivity index (χ4v) is 4.63. The van der Waals surface area contributed by atoms with E-state index in [1.54, 1.807) is 24.3 Å². The number of ether oxygens (including phenoxy) is 1. The van der Waals surface area contributed by atoms with E-state index in [9.17, 15) is 9.18 Å². The number of aromatic nitrogens is 1. The lowest BCUT2D eigenvalue weighted by Gasteiger charge is -2.29. The number of carbonyl (C=O) groups excluding carboxylic acids is 1. The second-order valence-corrected chi connectivity index (χ2v) is 9.00. The molecule has 0 atom stereocenters. The molecule has 4 aromatic rings. The van der Waals surface area contributed by atoms with Crippen molar-refractivity contribution in [2.24, 2.45) is 5.73 Å². The van der Waals surface area contributed by atoms with Gasteiger partial charge in [0.2, 0.25) is 11.8 Å². The molecule has 0 fully saturated rings. The molecule has 5 nitrogen and oxygen atoms in total. The fourth-order valence-electron chi connectivity index (χ4n) is 4.41. The predicted octanol–water partition coefficient (Wildman–Crippen LogP) is 8.11. The third kappa shape index (κ3) is 7.63. The van der Waals surface area contributed by atoms with E-state index in [0.717, 1.165) is 34.5 Å². The topological polar surface area (TPSA) is 68.5 Å².